The maximum atomic E-state index is 14.6. The molecule has 3 atom stereocenters. The minimum atomic E-state index is -4.45. The quantitative estimate of drug-likeness (QED) is 0.342. The Balaban J connectivity index is 1.24. The molecular weight excluding hydrogens is 571 g/mol. The minimum Gasteiger partial charge on any atom is -0.349 e. The van der Waals surface area contributed by atoms with Crippen molar-refractivity contribution < 1.29 is 40.3 Å². The van der Waals surface area contributed by atoms with E-state index >= 15 is 0 Å². The van der Waals surface area contributed by atoms with Crippen molar-refractivity contribution in [2.24, 2.45) is 23.2 Å². The van der Waals surface area contributed by atoms with Crippen molar-refractivity contribution in [2.45, 2.75) is 101 Å². The normalized spacial score (nSPS) is 25.9. The lowest BCUT2D eigenvalue weighted by atomic mass is 9.78. The van der Waals surface area contributed by atoms with Gasteiger partial charge in [-0.15, -0.1) is 0 Å². The summed E-state index contributed by atoms with van der Waals surface area (Å²) in [6.45, 7) is 0. The van der Waals surface area contributed by atoms with E-state index < -0.39 is 72.0 Å². The summed E-state index contributed by atoms with van der Waals surface area (Å²) >= 11 is 0. The van der Waals surface area contributed by atoms with Crippen molar-refractivity contribution in [3.63, 3.8) is 0 Å². The van der Waals surface area contributed by atoms with E-state index in [1.807, 2.05) is 0 Å². The van der Waals surface area contributed by atoms with Crippen molar-refractivity contribution in [3.05, 3.63) is 29.7 Å². The van der Waals surface area contributed by atoms with E-state index in [4.69, 9.17) is 0 Å². The smallest absolute Gasteiger partial charge is 0.349 e. The number of nitrogens with one attached hydrogen (secondary N) is 2. The predicted molar refractivity (Wildman–Crippen MR) is 134 cm³/mol. The molecule has 1 unspecified atom stereocenters. The van der Waals surface area contributed by atoms with Gasteiger partial charge in [-0.25, -0.2) is 27.1 Å². The molecule has 0 saturated heterocycles. The first-order valence-electron chi connectivity index (χ1n) is 14.5. The Bertz CT molecular complexity index is 1360. The number of amides is 2. The zero-order valence-corrected chi connectivity index (χ0v) is 22.7. The van der Waals surface area contributed by atoms with E-state index in [9.17, 15) is 40.3 Å². The Morgan fingerprint density at radius 3 is 2.21 bits per heavy atom. The number of carbonyl (C=O) groups is 2. The molecule has 4 fully saturated rings. The van der Waals surface area contributed by atoms with E-state index in [1.54, 1.807) is 6.07 Å². The number of hydrogen-bond donors (Lipinski definition) is 2. The molecule has 0 bridgehead atoms. The highest BCUT2D eigenvalue weighted by atomic mass is 19.4. The average Bonchev–Trinajstić information content (AvgIpc) is 3.76. The highest BCUT2D eigenvalue weighted by molar-refractivity contribution is 5.85. The molecule has 7 nitrogen and oxygen atoms in total. The summed E-state index contributed by atoms with van der Waals surface area (Å²) in [5, 5.41) is 9.75. The van der Waals surface area contributed by atoms with E-state index in [0.29, 0.717) is 23.3 Å². The van der Waals surface area contributed by atoms with E-state index in [0.717, 1.165) is 12.8 Å². The van der Waals surface area contributed by atoms with Gasteiger partial charge in [0.2, 0.25) is 17.7 Å². The van der Waals surface area contributed by atoms with Gasteiger partial charge in [-0.05, 0) is 62.0 Å². The minimum absolute atomic E-state index is 0.0356. The van der Waals surface area contributed by atoms with Gasteiger partial charge in [0.15, 0.2) is 5.65 Å². The topological polar surface area (TPSA) is 88.4 Å². The lowest BCUT2D eigenvalue weighted by Gasteiger charge is -2.33. The largest absolute Gasteiger partial charge is 0.389 e. The van der Waals surface area contributed by atoms with Crippen LogP contribution < -0.4 is 10.6 Å². The number of halogens is 7. The Morgan fingerprint density at radius 2 is 1.64 bits per heavy atom. The molecule has 4 aliphatic rings. The van der Waals surface area contributed by atoms with Crippen LogP contribution in [0.25, 0.3) is 5.65 Å². The first-order chi connectivity index (χ1) is 19.7. The van der Waals surface area contributed by atoms with Crippen molar-refractivity contribution in [2.75, 3.05) is 0 Å². The van der Waals surface area contributed by atoms with Crippen molar-refractivity contribution >= 4 is 17.5 Å². The molecule has 42 heavy (non-hydrogen) atoms. The van der Waals surface area contributed by atoms with Crippen molar-refractivity contribution in [1.82, 2.24) is 25.2 Å². The second kappa shape index (κ2) is 10.1. The fraction of sp³-hybridized carbons (Fsp3) is 0.714. The number of rotatable bonds is 9. The molecule has 2 aromatic heterocycles. The maximum Gasteiger partial charge on any atom is 0.389 e. The molecule has 14 heteroatoms. The van der Waals surface area contributed by atoms with Gasteiger partial charge in [-0.1, -0.05) is 6.42 Å². The van der Waals surface area contributed by atoms with Gasteiger partial charge in [0.25, 0.3) is 5.92 Å². The Hall–Kier alpha value is -2.93. The molecule has 0 radical (unpaired) electrons. The zero-order chi connectivity index (χ0) is 30.1. The molecule has 0 aromatic carbocycles. The molecule has 4 saturated carbocycles. The van der Waals surface area contributed by atoms with Crippen LogP contribution in [0.4, 0.5) is 30.7 Å². The number of hydrogen-bond acceptors (Lipinski definition) is 4. The maximum absolute atomic E-state index is 14.6. The second-order valence-corrected chi connectivity index (χ2v) is 12.5. The summed E-state index contributed by atoms with van der Waals surface area (Å²) < 4.78 is 96.3. The van der Waals surface area contributed by atoms with Gasteiger partial charge in [0.05, 0.1) is 42.0 Å². The SMILES string of the molecule is O=C(CCC(F)(F)F)NC(c1cnn2cc([C@@H](NC(=O)[C@H]3C(F)(F)C34CCC4)C3CCC(F)(F)CC3)nc2c1)C1CC1. The van der Waals surface area contributed by atoms with E-state index in [2.05, 4.69) is 20.7 Å². The fourth-order valence-corrected chi connectivity index (χ4v) is 6.80. The van der Waals surface area contributed by atoms with Gasteiger partial charge in [-0.3, -0.25) is 9.59 Å². The van der Waals surface area contributed by atoms with E-state index in [-0.39, 0.29) is 44.4 Å². The number of imidazole rings is 1. The Morgan fingerprint density at radius 1 is 0.976 bits per heavy atom. The molecule has 0 aliphatic heterocycles. The first-order valence-corrected chi connectivity index (χ1v) is 14.5. The van der Waals surface area contributed by atoms with Crippen LogP contribution in [0.3, 0.4) is 0 Å². The molecule has 230 valence electrons. The summed E-state index contributed by atoms with van der Waals surface area (Å²) in [6.07, 6.45) is -1.27. The third-order valence-electron chi connectivity index (χ3n) is 9.62. The van der Waals surface area contributed by atoms with Crippen molar-refractivity contribution in [3.8, 4) is 0 Å². The fourth-order valence-electron chi connectivity index (χ4n) is 6.80. The lowest BCUT2D eigenvalue weighted by molar-refractivity contribution is -0.144. The molecule has 2 heterocycles. The van der Waals surface area contributed by atoms with Gasteiger partial charge >= 0.3 is 6.18 Å². The number of nitrogens with zero attached hydrogens (tertiary/aromatic N) is 3. The van der Waals surface area contributed by atoms with Gasteiger partial charge in [0, 0.05) is 19.3 Å². The highest BCUT2D eigenvalue weighted by Crippen LogP contribution is 2.75. The van der Waals surface area contributed by atoms with Crippen molar-refractivity contribution in [1.29, 1.82) is 0 Å². The number of fused-ring (bicyclic) bond motifs is 1. The number of alkyl halides is 7. The number of aromatic nitrogens is 3. The molecule has 2 N–H and O–H groups in total. The van der Waals surface area contributed by atoms with Crippen LogP contribution >= 0.6 is 0 Å². The summed E-state index contributed by atoms with van der Waals surface area (Å²) in [6, 6.07) is 0.194. The molecule has 6 rings (SSSR count). The van der Waals surface area contributed by atoms with Gasteiger partial charge in [-0.2, -0.15) is 18.3 Å². The van der Waals surface area contributed by atoms with Crippen LogP contribution in [0.2, 0.25) is 0 Å². The van der Waals surface area contributed by atoms with Gasteiger partial charge in [0.1, 0.15) is 5.92 Å². The zero-order valence-electron chi connectivity index (χ0n) is 22.7. The summed E-state index contributed by atoms with van der Waals surface area (Å²) in [5.74, 6) is -9.33. The third kappa shape index (κ3) is 5.45. The van der Waals surface area contributed by atoms with Crippen LogP contribution in [-0.4, -0.2) is 44.4 Å². The van der Waals surface area contributed by atoms with Gasteiger partial charge < -0.3 is 10.6 Å². The highest BCUT2D eigenvalue weighted by Gasteiger charge is 2.84. The second-order valence-electron chi connectivity index (χ2n) is 12.5. The summed E-state index contributed by atoms with van der Waals surface area (Å²) in [4.78, 5) is 30.0. The molecule has 2 aromatic rings. The number of carbonyl (C=O) groups excluding carboxylic acids is 2. The Kier molecular flexibility index (Phi) is 6.99. The molecule has 2 amide bonds. The average molecular weight is 604 g/mol. The molecule has 1 spiro atoms. The lowest BCUT2D eigenvalue weighted by Crippen LogP contribution is -2.39. The first kappa shape index (κ1) is 29.2. The van der Waals surface area contributed by atoms with Crippen LogP contribution in [0, 0.1) is 23.2 Å². The third-order valence-corrected chi connectivity index (χ3v) is 9.62. The Labute approximate surface area is 237 Å². The summed E-state index contributed by atoms with van der Waals surface area (Å²) in [7, 11) is 0. The predicted octanol–water partition coefficient (Wildman–Crippen LogP) is 6.06. The van der Waals surface area contributed by atoms with Crippen LogP contribution in [0.1, 0.15) is 94.0 Å². The monoisotopic (exact) mass is 603 g/mol. The summed E-state index contributed by atoms with van der Waals surface area (Å²) in [5.41, 5.74) is -0.152. The molecule has 4 aliphatic carbocycles. The standard InChI is InChI=1S/C28H32F7N5O2/c29-26(30)9-4-16(5-10-26)22(39-24(42)23-25(7-1-8-25)28(23,34)35)18-14-40-19(37-18)12-17(13-36-40)21(15-2-3-15)38-20(41)6-11-27(31,32)33/h12-16,21-23H,1-11H2,(H,38,41)(H,39,42)/t21?,22-,23+/m0/s1. The van der Waals surface area contributed by atoms with E-state index in [1.165, 1.54) is 16.9 Å². The van der Waals surface area contributed by atoms with Crippen LogP contribution in [0.15, 0.2) is 18.5 Å². The van der Waals surface area contributed by atoms with Crippen LogP contribution in [-0.2, 0) is 9.59 Å². The van der Waals surface area contributed by atoms with Crippen LogP contribution in [0.5, 0.6) is 0 Å². The molecular formula is C28H32F7N5O2.